The Hall–Kier alpha value is -1.61. The molecule has 0 aliphatic carbocycles. The number of aryl methyl sites for hydroxylation is 2. The summed E-state index contributed by atoms with van der Waals surface area (Å²) in [6, 6.07) is 6.47. The summed E-state index contributed by atoms with van der Waals surface area (Å²) in [7, 11) is 0. The summed E-state index contributed by atoms with van der Waals surface area (Å²) < 4.78 is 0. The van der Waals surface area contributed by atoms with Gasteiger partial charge in [0.05, 0.1) is 17.9 Å². The summed E-state index contributed by atoms with van der Waals surface area (Å²) in [6.45, 7) is 6.26. The SMILES string of the molecule is CC[C@H](N)c1ncc(-c2cc(C)cc(C)c2)[nH]1. The zero-order chi connectivity index (χ0) is 12.4. The van der Waals surface area contributed by atoms with E-state index >= 15 is 0 Å². The lowest BCUT2D eigenvalue weighted by Gasteiger charge is -2.05. The molecule has 1 aromatic carbocycles. The monoisotopic (exact) mass is 229 g/mol. The summed E-state index contributed by atoms with van der Waals surface area (Å²) >= 11 is 0. The number of aromatic nitrogens is 2. The number of hydrogen-bond donors (Lipinski definition) is 2. The van der Waals surface area contributed by atoms with Gasteiger partial charge in [0.15, 0.2) is 0 Å². The molecule has 0 aliphatic rings. The number of aromatic amines is 1. The number of nitrogens with zero attached hydrogens (tertiary/aromatic N) is 1. The Morgan fingerprint density at radius 3 is 2.47 bits per heavy atom. The van der Waals surface area contributed by atoms with Crippen molar-refractivity contribution >= 4 is 0 Å². The third kappa shape index (κ3) is 2.56. The first-order chi connectivity index (χ1) is 8.10. The number of H-pyrrole nitrogens is 1. The van der Waals surface area contributed by atoms with Crippen LogP contribution in [0.2, 0.25) is 0 Å². The zero-order valence-electron chi connectivity index (χ0n) is 10.6. The molecule has 2 aromatic rings. The Morgan fingerprint density at radius 1 is 1.24 bits per heavy atom. The van der Waals surface area contributed by atoms with E-state index < -0.39 is 0 Å². The maximum absolute atomic E-state index is 5.95. The fourth-order valence-electron chi connectivity index (χ4n) is 2.00. The summed E-state index contributed by atoms with van der Waals surface area (Å²) in [4.78, 5) is 7.64. The van der Waals surface area contributed by atoms with E-state index in [-0.39, 0.29) is 6.04 Å². The van der Waals surface area contributed by atoms with Crippen LogP contribution >= 0.6 is 0 Å². The van der Waals surface area contributed by atoms with Gasteiger partial charge in [-0.3, -0.25) is 0 Å². The fourth-order valence-corrected chi connectivity index (χ4v) is 2.00. The highest BCUT2D eigenvalue weighted by Gasteiger charge is 2.09. The van der Waals surface area contributed by atoms with E-state index in [1.807, 2.05) is 6.20 Å². The predicted molar refractivity (Wildman–Crippen MR) is 70.7 cm³/mol. The van der Waals surface area contributed by atoms with Gasteiger partial charge >= 0.3 is 0 Å². The number of benzene rings is 1. The Morgan fingerprint density at radius 2 is 1.88 bits per heavy atom. The second-order valence-corrected chi connectivity index (χ2v) is 4.57. The molecule has 0 radical (unpaired) electrons. The van der Waals surface area contributed by atoms with E-state index in [9.17, 15) is 0 Å². The van der Waals surface area contributed by atoms with Crippen LogP contribution in [0.1, 0.15) is 36.3 Å². The minimum Gasteiger partial charge on any atom is -0.341 e. The molecule has 0 bridgehead atoms. The Balaban J connectivity index is 2.36. The average molecular weight is 229 g/mol. The van der Waals surface area contributed by atoms with Gasteiger partial charge < -0.3 is 10.7 Å². The van der Waals surface area contributed by atoms with Gasteiger partial charge in [0.1, 0.15) is 5.82 Å². The van der Waals surface area contributed by atoms with Gasteiger partial charge in [-0.05, 0) is 32.4 Å². The molecule has 1 atom stereocenters. The van der Waals surface area contributed by atoms with E-state index in [0.29, 0.717) is 0 Å². The van der Waals surface area contributed by atoms with Crippen molar-refractivity contribution in [3.05, 3.63) is 41.3 Å². The Bertz CT molecular complexity index is 494. The van der Waals surface area contributed by atoms with Crippen LogP contribution in [0.25, 0.3) is 11.3 Å². The molecule has 90 valence electrons. The third-order valence-corrected chi connectivity index (χ3v) is 2.92. The highest BCUT2D eigenvalue weighted by Crippen LogP contribution is 2.22. The maximum Gasteiger partial charge on any atom is 0.123 e. The van der Waals surface area contributed by atoms with Gasteiger partial charge in [-0.1, -0.05) is 24.1 Å². The highest BCUT2D eigenvalue weighted by molar-refractivity contribution is 5.60. The molecule has 3 heteroatoms. The van der Waals surface area contributed by atoms with Crippen LogP contribution in [0.5, 0.6) is 0 Å². The van der Waals surface area contributed by atoms with Gasteiger partial charge in [-0.2, -0.15) is 0 Å². The summed E-state index contributed by atoms with van der Waals surface area (Å²) in [5.74, 6) is 0.863. The van der Waals surface area contributed by atoms with Crippen LogP contribution < -0.4 is 5.73 Å². The van der Waals surface area contributed by atoms with Crippen molar-refractivity contribution in [1.82, 2.24) is 9.97 Å². The van der Waals surface area contributed by atoms with E-state index in [0.717, 1.165) is 17.9 Å². The van der Waals surface area contributed by atoms with Crippen molar-refractivity contribution in [3.63, 3.8) is 0 Å². The number of nitrogens with one attached hydrogen (secondary N) is 1. The minimum atomic E-state index is -0.00495. The molecule has 3 nitrogen and oxygen atoms in total. The van der Waals surface area contributed by atoms with E-state index in [1.165, 1.54) is 16.7 Å². The van der Waals surface area contributed by atoms with Crippen molar-refractivity contribution in [2.45, 2.75) is 33.2 Å². The van der Waals surface area contributed by atoms with Crippen LogP contribution in [0, 0.1) is 13.8 Å². The largest absolute Gasteiger partial charge is 0.341 e. The van der Waals surface area contributed by atoms with Crippen molar-refractivity contribution in [1.29, 1.82) is 0 Å². The van der Waals surface area contributed by atoms with Gasteiger partial charge in [0.2, 0.25) is 0 Å². The van der Waals surface area contributed by atoms with E-state index in [2.05, 4.69) is 48.9 Å². The van der Waals surface area contributed by atoms with Gasteiger partial charge in [-0.25, -0.2) is 4.98 Å². The molecule has 1 aromatic heterocycles. The van der Waals surface area contributed by atoms with Gasteiger partial charge in [-0.15, -0.1) is 0 Å². The van der Waals surface area contributed by atoms with Gasteiger partial charge in [0.25, 0.3) is 0 Å². The van der Waals surface area contributed by atoms with E-state index in [4.69, 9.17) is 5.73 Å². The quantitative estimate of drug-likeness (QED) is 0.849. The van der Waals surface area contributed by atoms with Crippen LogP contribution in [-0.2, 0) is 0 Å². The van der Waals surface area contributed by atoms with Gasteiger partial charge in [0, 0.05) is 5.56 Å². The van der Waals surface area contributed by atoms with Crippen LogP contribution in [0.15, 0.2) is 24.4 Å². The molecule has 1 heterocycles. The fraction of sp³-hybridized carbons (Fsp3) is 0.357. The van der Waals surface area contributed by atoms with Crippen molar-refractivity contribution in [2.24, 2.45) is 5.73 Å². The molecule has 0 amide bonds. The molecule has 0 saturated heterocycles. The second kappa shape index (κ2) is 4.72. The Labute approximate surface area is 102 Å². The van der Waals surface area contributed by atoms with Crippen molar-refractivity contribution in [2.75, 3.05) is 0 Å². The molecule has 2 rings (SSSR count). The molecule has 0 unspecified atom stereocenters. The van der Waals surface area contributed by atoms with Crippen molar-refractivity contribution < 1.29 is 0 Å². The van der Waals surface area contributed by atoms with E-state index in [1.54, 1.807) is 0 Å². The topological polar surface area (TPSA) is 54.7 Å². The highest BCUT2D eigenvalue weighted by atomic mass is 15.0. The molecule has 0 aliphatic heterocycles. The first-order valence-corrected chi connectivity index (χ1v) is 5.99. The molecule has 3 N–H and O–H groups in total. The zero-order valence-corrected chi connectivity index (χ0v) is 10.6. The lowest BCUT2D eigenvalue weighted by molar-refractivity contribution is 0.658. The number of nitrogens with two attached hydrogens (primary N) is 1. The first-order valence-electron chi connectivity index (χ1n) is 5.99. The predicted octanol–water partition coefficient (Wildman–Crippen LogP) is 3.10. The second-order valence-electron chi connectivity index (χ2n) is 4.57. The number of imidazole rings is 1. The minimum absolute atomic E-state index is 0.00495. The average Bonchev–Trinajstić information content (AvgIpc) is 2.76. The lowest BCUT2D eigenvalue weighted by atomic mass is 10.1. The summed E-state index contributed by atoms with van der Waals surface area (Å²) in [5, 5.41) is 0. The first kappa shape index (κ1) is 11.9. The molecule has 0 fully saturated rings. The van der Waals surface area contributed by atoms with Crippen LogP contribution in [0.3, 0.4) is 0 Å². The maximum atomic E-state index is 5.95. The smallest absolute Gasteiger partial charge is 0.123 e. The molecule has 0 saturated carbocycles. The molecular formula is C14H19N3. The Kier molecular flexibility index (Phi) is 3.29. The molecule has 17 heavy (non-hydrogen) atoms. The lowest BCUT2D eigenvalue weighted by Crippen LogP contribution is -2.10. The van der Waals surface area contributed by atoms with Crippen LogP contribution in [0.4, 0.5) is 0 Å². The summed E-state index contributed by atoms with van der Waals surface area (Å²) in [6.07, 6.45) is 2.75. The number of rotatable bonds is 3. The van der Waals surface area contributed by atoms with Crippen LogP contribution in [-0.4, -0.2) is 9.97 Å². The molecular weight excluding hydrogens is 210 g/mol. The van der Waals surface area contributed by atoms with Crippen molar-refractivity contribution in [3.8, 4) is 11.3 Å². The number of hydrogen-bond acceptors (Lipinski definition) is 2. The summed E-state index contributed by atoms with van der Waals surface area (Å²) in [5.41, 5.74) is 10.7. The third-order valence-electron chi connectivity index (χ3n) is 2.92. The standard InChI is InChI=1S/C14H19N3/c1-4-12(15)14-16-8-13(17-14)11-6-9(2)5-10(3)7-11/h5-8,12H,4,15H2,1-3H3,(H,16,17)/t12-/m0/s1. The normalized spacial score (nSPS) is 12.7. The molecule has 0 spiro atoms.